The number of carboxylic acids is 1. The van der Waals surface area contributed by atoms with Crippen molar-refractivity contribution >= 4 is 127 Å². The van der Waals surface area contributed by atoms with Gasteiger partial charge in [-0.3, -0.25) is 33.6 Å². The Kier molecular flexibility index (Phi) is 30.4. The Morgan fingerprint density at radius 1 is 0.462 bits per heavy atom. The molecular weight excluding hydrogens is 1830 g/mol. The van der Waals surface area contributed by atoms with E-state index in [4.69, 9.17) is 10.8 Å². The molecule has 7 N–H and O–H groups in total. The topological polar surface area (TPSA) is 326 Å². The maximum Gasteiger partial charge on any atom is 0.374 e. The first-order valence-corrected chi connectivity index (χ1v) is 45.1. The van der Waals surface area contributed by atoms with Crippen molar-refractivity contribution in [1.82, 2.24) is 43.2 Å². The van der Waals surface area contributed by atoms with Crippen LogP contribution < -0.4 is 16.4 Å². The molecule has 0 bridgehead atoms. The Morgan fingerprint density at radius 2 is 0.823 bits per heavy atom. The lowest BCUT2D eigenvalue weighted by Gasteiger charge is -2.30. The number of Topliss-reactive ketones (excluding diaryl/α,β-unsaturated/α-hetero) is 2. The Hall–Kier alpha value is -12.4. The minimum atomic E-state index is -3.69. The summed E-state index contributed by atoms with van der Waals surface area (Å²) in [5.74, 6) is -23.7. The molecule has 38 heteroatoms. The van der Waals surface area contributed by atoms with Gasteiger partial charge in [0.25, 0.3) is 5.91 Å². The van der Waals surface area contributed by atoms with Gasteiger partial charge in [0.2, 0.25) is 55.2 Å². The van der Waals surface area contributed by atoms with E-state index in [1.807, 2.05) is 66.7 Å². The molecule has 130 heavy (non-hydrogen) atoms. The highest BCUT2D eigenvalue weighted by molar-refractivity contribution is 9.08. The number of aromatic nitrogens is 4. The molecule has 5 amide bonds. The van der Waals surface area contributed by atoms with Crippen molar-refractivity contribution in [1.29, 1.82) is 0 Å². The van der Waals surface area contributed by atoms with E-state index in [0.29, 0.717) is 84.7 Å². The summed E-state index contributed by atoms with van der Waals surface area (Å²) >= 11 is 3.25. The first-order chi connectivity index (χ1) is 61.0. The smallest absolute Gasteiger partial charge is 0.374 e. The molecule has 8 heterocycles. The van der Waals surface area contributed by atoms with Crippen LogP contribution in [-0.2, 0) is 83.4 Å². The molecule has 4 aromatic heterocycles. The van der Waals surface area contributed by atoms with Crippen LogP contribution >= 0.6 is 15.9 Å². The van der Waals surface area contributed by atoms with E-state index in [9.17, 15) is 108 Å². The highest BCUT2D eigenvalue weighted by Crippen LogP contribution is 2.45. The number of halogens is 13. The van der Waals surface area contributed by atoms with Gasteiger partial charge in [-0.2, -0.15) is 35.1 Å². The zero-order chi connectivity index (χ0) is 95.0. The van der Waals surface area contributed by atoms with Crippen LogP contribution in [0.5, 0.6) is 0 Å². The van der Waals surface area contributed by atoms with E-state index in [0.717, 1.165) is 70.5 Å². The standard InChI is InChI=1S/C24H23F3N2O4S.C22H20F3N3O2.C19H18FN3O.C14H15F2NO2.C10H9BrFNO2S.C3H4F2O2.H2/c1-24(26,27)21(30)11-16-12-22(31)28(23(16)15-6-4-3-5-7-15)14-17-10-18(25)13-20-19(17)8-9-29(20)34(2,32)33;1-22(24,25)21(30)27-18-11-19(29)28(20(18)13-5-3-2-4-6-13)12-14-9-15(23)10-17-16(14)7-8-26-17;20-14-8-13(15-6-7-22-17(15)9-14)11-23-18(24)10-16(21)19(23)12-4-2-1-3-5-12;1-14(15,16)11(18)7-10-8-12(19)17-13(10)9-5-3-2-4-6-9;1-16(14,15)13-3-2-9-7(6-11)4-8(12)5-10(9)13;1-3(4,5)2(6)7;/h3-10,13,16,23H,11-12,14H2,1-2H3;2-10,18,20,26H,11-12H2,1H3,(H,27,30);1-9,16,19,22H,10-11,21H2;2-6,10,13H,7-8H2,1H3,(H,17,19);2-5H,6H2,1H3;1H3,(H,6,7);1H/t16-,23+;18-,20+;16-,19+;10-,13+;;;/m0000.../s1. The number of aromatic amines is 2. The predicted molar refractivity (Wildman–Crippen MR) is 467 cm³/mol. The summed E-state index contributed by atoms with van der Waals surface area (Å²) in [5, 5.41) is 15.9. The number of fused-ring (bicyclic) bond motifs is 4. The number of aliphatic carboxylic acids is 1. The van der Waals surface area contributed by atoms with E-state index in [2.05, 4.69) is 36.5 Å². The Labute approximate surface area is 748 Å². The molecule has 4 aliphatic rings. The Bertz CT molecular complexity index is 6420. The molecule has 4 aliphatic heterocycles. The molecule has 0 unspecified atom stereocenters. The molecule has 16 rings (SSSR count). The van der Waals surface area contributed by atoms with E-state index >= 15 is 0 Å². The summed E-state index contributed by atoms with van der Waals surface area (Å²) in [5.41, 5.74) is 13.8. The van der Waals surface area contributed by atoms with Crippen LogP contribution in [0.2, 0.25) is 0 Å². The number of carboxylic acid groups (broad SMARTS) is 1. The number of H-pyrrole nitrogens is 2. The van der Waals surface area contributed by atoms with Crippen molar-refractivity contribution < 1.29 is 114 Å². The van der Waals surface area contributed by atoms with Crippen molar-refractivity contribution in [2.24, 2.45) is 17.6 Å². The summed E-state index contributed by atoms with van der Waals surface area (Å²) in [6.45, 7) is 2.33. The lowest BCUT2D eigenvalue weighted by atomic mass is 9.88. The van der Waals surface area contributed by atoms with Crippen LogP contribution in [0.15, 0.2) is 219 Å². The predicted octanol–water partition coefficient (Wildman–Crippen LogP) is 17.3. The second-order valence-corrected chi connectivity index (χ2v) is 36.4. The fourth-order valence-electron chi connectivity index (χ4n) is 16.2. The number of rotatable bonds is 22. The van der Waals surface area contributed by atoms with E-state index in [1.54, 1.807) is 90.1 Å². The summed E-state index contributed by atoms with van der Waals surface area (Å²) in [6.07, 6.45) is 7.72. The first-order valence-electron chi connectivity index (χ1n) is 40.3. The molecule has 8 atom stereocenters. The normalized spacial score (nSPS) is 18.9. The fourth-order valence-corrected chi connectivity index (χ4v) is 18.2. The van der Waals surface area contributed by atoms with Crippen LogP contribution in [0.3, 0.4) is 0 Å². The lowest BCUT2D eigenvalue weighted by Crippen LogP contribution is -2.46. The maximum atomic E-state index is 14.5. The average molecular weight is 1920 g/mol. The highest BCUT2D eigenvalue weighted by Gasteiger charge is 2.48. The van der Waals surface area contributed by atoms with Crippen LogP contribution in [0, 0.1) is 35.1 Å². The molecule has 690 valence electrons. The van der Waals surface area contributed by atoms with Crippen molar-refractivity contribution in [3.63, 3.8) is 0 Å². The van der Waals surface area contributed by atoms with Gasteiger partial charge in [0.1, 0.15) is 23.3 Å². The van der Waals surface area contributed by atoms with Crippen molar-refractivity contribution in [2.45, 2.75) is 151 Å². The van der Waals surface area contributed by atoms with Crippen LogP contribution in [0.25, 0.3) is 43.6 Å². The van der Waals surface area contributed by atoms with Gasteiger partial charge in [0, 0.05) is 156 Å². The van der Waals surface area contributed by atoms with Gasteiger partial charge in [-0.25, -0.2) is 47.1 Å². The minimum absolute atomic E-state index is 0. The zero-order valence-corrected chi connectivity index (χ0v) is 73.6. The molecule has 4 fully saturated rings. The molecule has 23 nitrogen and oxygen atoms in total. The molecular formula is C92H91BrF12N10O13S2. The van der Waals surface area contributed by atoms with E-state index in [1.165, 1.54) is 70.7 Å². The number of likely N-dealkylation sites (tertiary alicyclic amines) is 3. The molecule has 0 saturated carbocycles. The lowest BCUT2D eigenvalue weighted by molar-refractivity contribution is -0.162. The van der Waals surface area contributed by atoms with Gasteiger partial charge in [0.15, 0.2) is 0 Å². The van der Waals surface area contributed by atoms with Gasteiger partial charge in [-0.05, 0) is 129 Å². The molecule has 4 saturated heterocycles. The van der Waals surface area contributed by atoms with Gasteiger partial charge < -0.3 is 46.1 Å². The first kappa shape index (κ1) is 98.2. The summed E-state index contributed by atoms with van der Waals surface area (Å²) in [7, 11) is -7.08. The molecule has 0 radical (unpaired) electrons. The second kappa shape index (κ2) is 40.3. The number of carbonyl (C=O) groups is 8. The minimum Gasteiger partial charge on any atom is -0.477 e. The third-order valence-corrected chi connectivity index (χ3v) is 24.9. The highest BCUT2D eigenvalue weighted by atomic mass is 79.9. The summed E-state index contributed by atoms with van der Waals surface area (Å²) in [6, 6.07) is 51.1. The largest absolute Gasteiger partial charge is 0.477 e. The second-order valence-electron chi connectivity index (χ2n) is 32.2. The Morgan fingerprint density at radius 3 is 1.24 bits per heavy atom. The van der Waals surface area contributed by atoms with Gasteiger partial charge >= 0.3 is 29.7 Å². The van der Waals surface area contributed by atoms with Crippen molar-refractivity contribution in [3.05, 3.63) is 287 Å². The van der Waals surface area contributed by atoms with Gasteiger partial charge in [0.05, 0.1) is 53.8 Å². The van der Waals surface area contributed by atoms with Crippen LogP contribution in [0.1, 0.15) is 136 Å². The van der Waals surface area contributed by atoms with Gasteiger partial charge in [-0.15, -0.1) is 0 Å². The molecule has 0 spiro atoms. The number of nitrogens with one attached hydrogen (secondary N) is 4. The number of alkyl halides is 9. The average Bonchev–Trinajstić information content (AvgIpc) is 1.62. The number of nitrogens with two attached hydrogens (primary N) is 1. The number of hydrogen-bond acceptors (Lipinski definition) is 13. The van der Waals surface area contributed by atoms with Crippen LogP contribution in [-0.4, -0.2) is 150 Å². The fraction of sp³-hybridized carbons (Fsp3) is 0.304. The summed E-state index contributed by atoms with van der Waals surface area (Å²) in [4.78, 5) is 105. The number of amides is 5. The number of benzene rings is 8. The number of hydrogen-bond donors (Lipinski definition) is 6. The quantitative estimate of drug-likeness (QED) is 0.0271. The molecule has 0 aliphatic carbocycles. The zero-order valence-electron chi connectivity index (χ0n) is 70.4. The number of carbonyl (C=O) groups excluding carboxylic acids is 7. The number of ketones is 2. The third kappa shape index (κ3) is 24.0. The summed E-state index contributed by atoms with van der Waals surface area (Å²) < 4.78 is 207. The number of nitrogens with zero attached hydrogens (tertiary/aromatic N) is 5. The molecule has 8 aromatic carbocycles. The van der Waals surface area contributed by atoms with Crippen LogP contribution in [0.4, 0.5) is 52.7 Å². The third-order valence-electron chi connectivity index (χ3n) is 22.2. The van der Waals surface area contributed by atoms with Gasteiger partial charge in [-0.1, -0.05) is 137 Å². The van der Waals surface area contributed by atoms with E-state index in [-0.39, 0.29) is 93.3 Å². The maximum absolute atomic E-state index is 14.5. The van der Waals surface area contributed by atoms with Crippen molar-refractivity contribution in [2.75, 3.05) is 12.5 Å². The van der Waals surface area contributed by atoms with Crippen molar-refractivity contribution in [3.8, 4) is 0 Å². The Balaban J connectivity index is 0.000000170. The van der Waals surface area contributed by atoms with E-state index < -0.39 is 121 Å². The SMILES string of the molecule is CC(F)(F)C(=O)C[C@H]1CC(=O)N(Cc2cc(F)cc3c2ccn3S(C)(=O)=O)[C@@H]1c1ccccc1.CC(F)(F)C(=O)C[C@H]1CC(=O)N[C@@H]1c1ccccc1.CC(F)(F)C(=O)N[C@H]1CC(=O)N(Cc2cc(F)cc3[nH]ccc23)[C@@H]1c1ccccc1.CC(F)(F)C(=O)O.CS(=O)(=O)n1ccc2c(CBr)cc(F)cc21.N[C@H]1CC(=O)N(Cc2cc(F)cc3[nH]ccc23)[C@@H]1c1ccccc1.[HH]. The molecule has 12 aromatic rings. The monoisotopic (exact) mass is 1910 g/mol.